The van der Waals surface area contributed by atoms with E-state index in [1.165, 1.54) is 23.2 Å². The lowest BCUT2D eigenvalue weighted by Gasteiger charge is -2.28. The Kier molecular flexibility index (Phi) is 5.01. The van der Waals surface area contributed by atoms with Gasteiger partial charge in [-0.2, -0.15) is 0 Å². The molecule has 0 radical (unpaired) electrons. The maximum Gasteiger partial charge on any atom is 0.304 e. The molecule has 1 aromatic carbocycles. The first-order valence-corrected chi connectivity index (χ1v) is 7.37. The van der Waals surface area contributed by atoms with Gasteiger partial charge in [-0.1, -0.05) is 19.1 Å². The summed E-state index contributed by atoms with van der Waals surface area (Å²) >= 11 is 0. The number of carboxylic acids is 1. The number of hydrogen-bond acceptors (Lipinski definition) is 3. The number of nitrogens with zero attached hydrogens (tertiary/aromatic N) is 2. The van der Waals surface area contributed by atoms with E-state index in [2.05, 4.69) is 42.0 Å². The van der Waals surface area contributed by atoms with Crippen molar-refractivity contribution in [3.8, 4) is 0 Å². The Morgan fingerprint density at radius 3 is 2.95 bits per heavy atom. The number of benzene rings is 1. The Morgan fingerprint density at radius 1 is 1.45 bits per heavy atom. The van der Waals surface area contributed by atoms with Crippen LogP contribution in [0.15, 0.2) is 18.2 Å². The minimum atomic E-state index is -0.726. The fourth-order valence-corrected chi connectivity index (χ4v) is 2.80. The van der Waals surface area contributed by atoms with Crippen molar-refractivity contribution < 1.29 is 9.90 Å². The highest BCUT2D eigenvalue weighted by Gasteiger charge is 2.14. The van der Waals surface area contributed by atoms with E-state index in [0.29, 0.717) is 6.54 Å². The third-order valence-electron chi connectivity index (χ3n) is 3.99. The molecular formula is C16H24N2O2. The third kappa shape index (κ3) is 3.73. The maximum absolute atomic E-state index is 10.7. The van der Waals surface area contributed by atoms with Crippen molar-refractivity contribution in [2.24, 2.45) is 0 Å². The number of rotatable bonds is 6. The number of carboxylic acid groups (broad SMARTS) is 1. The Balaban J connectivity index is 2.03. The molecule has 0 aromatic heterocycles. The first kappa shape index (κ1) is 14.9. The van der Waals surface area contributed by atoms with Crippen molar-refractivity contribution >= 4 is 11.7 Å². The molecule has 0 atom stereocenters. The van der Waals surface area contributed by atoms with Gasteiger partial charge in [-0.3, -0.25) is 9.69 Å². The molecule has 1 heterocycles. The van der Waals surface area contributed by atoms with Crippen LogP contribution in [0.4, 0.5) is 5.69 Å². The number of aryl methyl sites for hydroxylation is 1. The van der Waals surface area contributed by atoms with Gasteiger partial charge in [0.25, 0.3) is 0 Å². The van der Waals surface area contributed by atoms with Gasteiger partial charge in [0.1, 0.15) is 0 Å². The largest absolute Gasteiger partial charge is 0.481 e. The van der Waals surface area contributed by atoms with Crippen LogP contribution in [0.2, 0.25) is 0 Å². The van der Waals surface area contributed by atoms with E-state index in [-0.39, 0.29) is 6.42 Å². The van der Waals surface area contributed by atoms with Crippen LogP contribution in [0.1, 0.15) is 30.9 Å². The summed E-state index contributed by atoms with van der Waals surface area (Å²) in [6.45, 7) is 5.54. The fourth-order valence-electron chi connectivity index (χ4n) is 2.80. The summed E-state index contributed by atoms with van der Waals surface area (Å²) in [5.74, 6) is -0.726. The zero-order chi connectivity index (χ0) is 14.5. The molecule has 1 aliphatic rings. The Bertz CT molecular complexity index is 474. The molecule has 2 rings (SSSR count). The molecule has 0 spiro atoms. The van der Waals surface area contributed by atoms with Crippen LogP contribution in [0, 0.1) is 0 Å². The van der Waals surface area contributed by atoms with Crippen molar-refractivity contribution in [1.29, 1.82) is 0 Å². The lowest BCUT2D eigenvalue weighted by Crippen LogP contribution is -2.27. The minimum absolute atomic E-state index is 0.210. The summed E-state index contributed by atoms with van der Waals surface area (Å²) in [6.07, 6.45) is 2.57. The van der Waals surface area contributed by atoms with Gasteiger partial charge in [0.15, 0.2) is 0 Å². The molecule has 1 aromatic rings. The zero-order valence-corrected chi connectivity index (χ0v) is 12.4. The minimum Gasteiger partial charge on any atom is -0.481 e. The zero-order valence-electron chi connectivity index (χ0n) is 12.4. The van der Waals surface area contributed by atoms with Crippen LogP contribution >= 0.6 is 0 Å². The van der Waals surface area contributed by atoms with E-state index in [9.17, 15) is 4.79 Å². The number of aliphatic carboxylic acids is 1. The van der Waals surface area contributed by atoms with Gasteiger partial charge < -0.3 is 10.0 Å². The quantitative estimate of drug-likeness (QED) is 0.866. The van der Waals surface area contributed by atoms with E-state index in [1.54, 1.807) is 0 Å². The molecule has 1 aliphatic heterocycles. The molecule has 4 heteroatoms. The van der Waals surface area contributed by atoms with Crippen LogP contribution < -0.4 is 4.90 Å². The highest BCUT2D eigenvalue weighted by Crippen LogP contribution is 2.27. The highest BCUT2D eigenvalue weighted by molar-refractivity contribution is 5.66. The summed E-state index contributed by atoms with van der Waals surface area (Å²) in [4.78, 5) is 15.2. The first-order valence-electron chi connectivity index (χ1n) is 7.37. The van der Waals surface area contributed by atoms with E-state index in [4.69, 9.17) is 5.11 Å². The summed E-state index contributed by atoms with van der Waals surface area (Å²) < 4.78 is 0. The third-order valence-corrected chi connectivity index (χ3v) is 3.99. The molecule has 1 N–H and O–H groups in total. The molecule has 0 saturated heterocycles. The lowest BCUT2D eigenvalue weighted by molar-refractivity contribution is -0.137. The predicted molar refractivity (Wildman–Crippen MR) is 81.2 cm³/mol. The van der Waals surface area contributed by atoms with Gasteiger partial charge in [-0.05, 0) is 36.6 Å². The van der Waals surface area contributed by atoms with Crippen molar-refractivity contribution in [2.45, 2.75) is 32.7 Å². The van der Waals surface area contributed by atoms with Gasteiger partial charge in [-0.15, -0.1) is 0 Å². The van der Waals surface area contributed by atoms with E-state index < -0.39 is 5.97 Å². The van der Waals surface area contributed by atoms with Crippen LogP contribution in [-0.4, -0.2) is 42.7 Å². The van der Waals surface area contributed by atoms with Gasteiger partial charge >= 0.3 is 5.97 Å². The number of fused-ring (bicyclic) bond motifs is 1. The molecule has 0 fully saturated rings. The molecule has 0 aliphatic carbocycles. The molecule has 0 amide bonds. The monoisotopic (exact) mass is 276 g/mol. The molecular weight excluding hydrogens is 252 g/mol. The van der Waals surface area contributed by atoms with E-state index in [0.717, 1.165) is 26.1 Å². The number of carbonyl (C=O) groups is 1. The molecule has 110 valence electrons. The summed E-state index contributed by atoms with van der Waals surface area (Å²) in [6, 6.07) is 6.66. The second kappa shape index (κ2) is 6.75. The Hall–Kier alpha value is -1.55. The van der Waals surface area contributed by atoms with Gasteiger partial charge in [0.2, 0.25) is 0 Å². The van der Waals surface area contributed by atoms with Crippen molar-refractivity contribution in [3.63, 3.8) is 0 Å². The van der Waals surface area contributed by atoms with Crippen molar-refractivity contribution in [2.75, 3.05) is 31.6 Å². The van der Waals surface area contributed by atoms with Gasteiger partial charge in [-0.25, -0.2) is 0 Å². The molecule has 0 bridgehead atoms. The second-order valence-corrected chi connectivity index (χ2v) is 5.50. The van der Waals surface area contributed by atoms with Gasteiger partial charge in [0.05, 0.1) is 6.42 Å². The van der Waals surface area contributed by atoms with Crippen LogP contribution in [0.5, 0.6) is 0 Å². The summed E-state index contributed by atoms with van der Waals surface area (Å²) in [5, 5.41) is 8.78. The van der Waals surface area contributed by atoms with Crippen LogP contribution in [-0.2, 0) is 17.8 Å². The topological polar surface area (TPSA) is 43.8 Å². The molecule has 20 heavy (non-hydrogen) atoms. The van der Waals surface area contributed by atoms with Crippen LogP contribution in [0.25, 0.3) is 0 Å². The highest BCUT2D eigenvalue weighted by atomic mass is 16.4. The second-order valence-electron chi connectivity index (χ2n) is 5.50. The normalized spacial score (nSPS) is 14.4. The SMILES string of the molecule is CCN(CCC(=O)O)Cc1ccc2c(c1)CCCN2C. The molecule has 0 unspecified atom stereocenters. The van der Waals surface area contributed by atoms with Gasteiger partial charge in [0, 0.05) is 32.4 Å². The number of hydrogen-bond donors (Lipinski definition) is 1. The van der Waals surface area contributed by atoms with E-state index >= 15 is 0 Å². The average molecular weight is 276 g/mol. The summed E-state index contributed by atoms with van der Waals surface area (Å²) in [5.41, 5.74) is 4.05. The standard InChI is InChI=1S/C16H24N2O2/c1-3-18(10-8-16(19)20)12-13-6-7-15-14(11-13)5-4-9-17(15)2/h6-7,11H,3-5,8-10,12H2,1-2H3,(H,19,20). The molecule has 4 nitrogen and oxygen atoms in total. The van der Waals surface area contributed by atoms with Crippen molar-refractivity contribution in [3.05, 3.63) is 29.3 Å². The lowest BCUT2D eigenvalue weighted by atomic mass is 9.99. The van der Waals surface area contributed by atoms with Crippen LogP contribution in [0.3, 0.4) is 0 Å². The Morgan fingerprint density at radius 2 is 2.25 bits per heavy atom. The Labute approximate surface area is 121 Å². The first-order chi connectivity index (χ1) is 9.60. The van der Waals surface area contributed by atoms with Crippen molar-refractivity contribution in [1.82, 2.24) is 4.90 Å². The fraction of sp³-hybridized carbons (Fsp3) is 0.562. The average Bonchev–Trinajstić information content (AvgIpc) is 2.43. The smallest absolute Gasteiger partial charge is 0.304 e. The molecule has 0 saturated carbocycles. The van der Waals surface area contributed by atoms with E-state index in [1.807, 2.05) is 0 Å². The number of anilines is 1. The summed E-state index contributed by atoms with van der Waals surface area (Å²) in [7, 11) is 2.14. The maximum atomic E-state index is 10.7. The predicted octanol–water partition coefficient (Wildman–Crippen LogP) is 2.37.